The molecule has 2 heterocycles. The fraction of sp³-hybridized carbons (Fsp3) is 0.767. The molecule has 8 nitrogen and oxygen atoms in total. The summed E-state index contributed by atoms with van der Waals surface area (Å²) in [4.78, 5) is 28.4. The van der Waals surface area contributed by atoms with Gasteiger partial charge < -0.3 is 20.3 Å². The van der Waals surface area contributed by atoms with Crippen molar-refractivity contribution in [2.75, 3.05) is 32.8 Å². The van der Waals surface area contributed by atoms with Crippen LogP contribution in [0.4, 0.5) is 0 Å². The maximum Gasteiger partial charge on any atom is 0.258 e. The lowest BCUT2D eigenvalue weighted by Gasteiger charge is -2.54. The minimum atomic E-state index is -0.0510. The number of nitrogens with one attached hydrogen (secondary N) is 2. The van der Waals surface area contributed by atoms with Crippen LogP contribution < -0.4 is 15.4 Å². The van der Waals surface area contributed by atoms with Crippen LogP contribution in [-0.2, 0) is 11.3 Å². The number of amides is 2. The van der Waals surface area contributed by atoms with Gasteiger partial charge in [0.25, 0.3) is 5.91 Å². The first kappa shape index (κ1) is 25.9. The Bertz CT molecular complexity index is 1010. The van der Waals surface area contributed by atoms with Crippen LogP contribution in [0.2, 0.25) is 0 Å². The van der Waals surface area contributed by atoms with Crippen LogP contribution in [-0.4, -0.2) is 65.3 Å². The van der Waals surface area contributed by atoms with Gasteiger partial charge in [0.05, 0.1) is 19.3 Å². The Labute approximate surface area is 226 Å². The molecule has 38 heavy (non-hydrogen) atoms. The molecule has 8 heteroatoms. The van der Waals surface area contributed by atoms with Gasteiger partial charge in [0.2, 0.25) is 11.8 Å². The van der Waals surface area contributed by atoms with Gasteiger partial charge in [-0.2, -0.15) is 5.10 Å². The molecule has 7 rings (SSSR count). The lowest BCUT2D eigenvalue weighted by Crippen LogP contribution is -2.55. The summed E-state index contributed by atoms with van der Waals surface area (Å²) in [5, 5.41) is 11.3. The van der Waals surface area contributed by atoms with E-state index in [1.54, 1.807) is 10.9 Å². The van der Waals surface area contributed by atoms with Crippen molar-refractivity contribution in [2.24, 2.45) is 29.6 Å². The van der Waals surface area contributed by atoms with Crippen LogP contribution in [0.5, 0.6) is 5.88 Å². The van der Waals surface area contributed by atoms with E-state index in [0.29, 0.717) is 47.9 Å². The van der Waals surface area contributed by atoms with Gasteiger partial charge in [0, 0.05) is 37.8 Å². The SMILES string of the molecule is C/C(=C\Cn1ncc(C(=O)NC2C3CC4CC(C3)CC2C4)c1OCC1CCCCC1)C(=O)N1CCNCC1. The number of carbonyl (C=O) groups excluding carboxylic acids is 2. The second kappa shape index (κ2) is 11.4. The van der Waals surface area contributed by atoms with E-state index in [0.717, 1.165) is 38.0 Å². The molecule has 2 N–H and O–H groups in total. The molecule has 4 bridgehead atoms. The molecule has 1 saturated heterocycles. The van der Waals surface area contributed by atoms with Gasteiger partial charge in [0.1, 0.15) is 5.56 Å². The molecule has 0 spiro atoms. The molecule has 0 unspecified atom stereocenters. The van der Waals surface area contributed by atoms with Crippen molar-refractivity contribution < 1.29 is 14.3 Å². The van der Waals surface area contributed by atoms with Crippen LogP contribution in [0.3, 0.4) is 0 Å². The highest BCUT2D eigenvalue weighted by molar-refractivity contribution is 5.96. The Kier molecular flexibility index (Phi) is 7.77. The number of aromatic nitrogens is 2. The molecule has 6 aliphatic rings. The summed E-state index contributed by atoms with van der Waals surface area (Å²) in [5.41, 5.74) is 1.24. The smallest absolute Gasteiger partial charge is 0.258 e. The topological polar surface area (TPSA) is 88.5 Å². The Morgan fingerprint density at radius 2 is 1.74 bits per heavy atom. The first-order valence-corrected chi connectivity index (χ1v) is 15.2. The summed E-state index contributed by atoms with van der Waals surface area (Å²) >= 11 is 0. The predicted molar refractivity (Wildman–Crippen MR) is 146 cm³/mol. The van der Waals surface area contributed by atoms with E-state index < -0.39 is 0 Å². The van der Waals surface area contributed by atoms with Crippen molar-refractivity contribution in [3.8, 4) is 5.88 Å². The normalized spacial score (nSPS) is 31.4. The number of allylic oxidation sites excluding steroid dienone is 1. The van der Waals surface area contributed by atoms with Crippen molar-refractivity contribution in [3.05, 3.63) is 23.4 Å². The monoisotopic (exact) mass is 523 g/mol. The van der Waals surface area contributed by atoms with Crippen LogP contribution in [0, 0.1) is 29.6 Å². The molecule has 5 aliphatic carbocycles. The number of hydrogen-bond donors (Lipinski definition) is 2. The third-order valence-electron chi connectivity index (χ3n) is 10.1. The van der Waals surface area contributed by atoms with E-state index in [2.05, 4.69) is 15.7 Å². The van der Waals surface area contributed by atoms with Crippen molar-refractivity contribution in [2.45, 2.75) is 83.7 Å². The van der Waals surface area contributed by atoms with Gasteiger partial charge in [-0.1, -0.05) is 25.3 Å². The second-order valence-electron chi connectivity index (χ2n) is 12.7. The van der Waals surface area contributed by atoms with Gasteiger partial charge in [-0.25, -0.2) is 4.68 Å². The summed E-state index contributed by atoms with van der Waals surface area (Å²) < 4.78 is 8.16. The molecule has 1 aromatic heterocycles. The predicted octanol–water partition coefficient (Wildman–Crippen LogP) is 3.77. The summed E-state index contributed by atoms with van der Waals surface area (Å²) in [7, 11) is 0. The van der Waals surface area contributed by atoms with E-state index in [1.807, 2.05) is 17.9 Å². The Balaban J connectivity index is 1.17. The standard InChI is InChI=1S/C30H45N5O3/c1-20(29(37)34-11-8-31-9-12-34)7-10-35-30(38-19-21-5-3-2-4-6-21)26(18-32-35)28(36)33-27-24-14-22-13-23(16-24)17-25(27)15-22/h7,18,21-25,27,31H,2-6,8-17,19H2,1H3,(H,33,36)/b20-7+. The molecular formula is C30H45N5O3. The zero-order valence-corrected chi connectivity index (χ0v) is 23.0. The van der Waals surface area contributed by atoms with E-state index >= 15 is 0 Å². The summed E-state index contributed by atoms with van der Waals surface area (Å²) in [6.07, 6.45) is 16.3. The van der Waals surface area contributed by atoms with E-state index in [9.17, 15) is 9.59 Å². The molecule has 2 amide bonds. The molecule has 5 saturated carbocycles. The largest absolute Gasteiger partial charge is 0.477 e. The zero-order valence-electron chi connectivity index (χ0n) is 23.0. The minimum Gasteiger partial charge on any atom is -0.477 e. The van der Waals surface area contributed by atoms with Gasteiger partial charge in [0.15, 0.2) is 0 Å². The van der Waals surface area contributed by atoms with Gasteiger partial charge in [-0.15, -0.1) is 0 Å². The molecule has 208 valence electrons. The Morgan fingerprint density at radius 1 is 1.05 bits per heavy atom. The van der Waals surface area contributed by atoms with Crippen molar-refractivity contribution in [1.82, 2.24) is 25.3 Å². The number of carbonyl (C=O) groups is 2. The fourth-order valence-corrected chi connectivity index (χ4v) is 8.18. The highest BCUT2D eigenvalue weighted by atomic mass is 16.5. The third-order valence-corrected chi connectivity index (χ3v) is 10.1. The van der Waals surface area contributed by atoms with Crippen LogP contribution in [0.25, 0.3) is 0 Å². The van der Waals surface area contributed by atoms with Crippen LogP contribution in [0.15, 0.2) is 17.8 Å². The fourth-order valence-electron chi connectivity index (χ4n) is 8.18. The molecule has 6 fully saturated rings. The number of rotatable bonds is 8. The summed E-state index contributed by atoms with van der Waals surface area (Å²) in [6, 6.07) is 0.281. The molecule has 0 radical (unpaired) electrons. The Hall–Kier alpha value is -2.35. The number of piperazine rings is 1. The highest BCUT2D eigenvalue weighted by Crippen LogP contribution is 2.53. The lowest BCUT2D eigenvalue weighted by atomic mass is 9.54. The van der Waals surface area contributed by atoms with E-state index in [4.69, 9.17) is 4.74 Å². The van der Waals surface area contributed by atoms with Gasteiger partial charge in [-0.3, -0.25) is 9.59 Å². The van der Waals surface area contributed by atoms with Crippen molar-refractivity contribution >= 4 is 11.8 Å². The minimum absolute atomic E-state index is 0.0510. The maximum atomic E-state index is 13.6. The third kappa shape index (κ3) is 5.51. The number of nitrogens with zero attached hydrogens (tertiary/aromatic N) is 3. The first-order valence-electron chi connectivity index (χ1n) is 15.2. The van der Waals surface area contributed by atoms with Crippen molar-refractivity contribution in [1.29, 1.82) is 0 Å². The average Bonchev–Trinajstić information content (AvgIpc) is 3.35. The molecular weight excluding hydrogens is 478 g/mol. The van der Waals surface area contributed by atoms with Crippen LogP contribution >= 0.6 is 0 Å². The van der Waals surface area contributed by atoms with E-state index in [1.165, 1.54) is 64.2 Å². The van der Waals surface area contributed by atoms with Gasteiger partial charge in [-0.05, 0) is 81.5 Å². The number of hydrogen-bond acceptors (Lipinski definition) is 5. The van der Waals surface area contributed by atoms with E-state index in [-0.39, 0.29) is 17.9 Å². The first-order chi connectivity index (χ1) is 18.5. The quantitative estimate of drug-likeness (QED) is 0.507. The molecule has 1 aromatic rings. The highest BCUT2D eigenvalue weighted by Gasteiger charge is 2.48. The van der Waals surface area contributed by atoms with Crippen molar-refractivity contribution in [3.63, 3.8) is 0 Å². The van der Waals surface area contributed by atoms with Crippen LogP contribution in [0.1, 0.15) is 81.5 Å². The second-order valence-corrected chi connectivity index (χ2v) is 12.7. The summed E-state index contributed by atoms with van der Waals surface area (Å²) in [6.45, 7) is 6.03. The Morgan fingerprint density at radius 3 is 2.42 bits per heavy atom. The summed E-state index contributed by atoms with van der Waals surface area (Å²) in [5.74, 6) is 4.10. The molecule has 0 aromatic carbocycles. The zero-order chi connectivity index (χ0) is 26.1. The molecule has 1 aliphatic heterocycles. The average molecular weight is 524 g/mol. The van der Waals surface area contributed by atoms with Gasteiger partial charge >= 0.3 is 0 Å². The number of ether oxygens (including phenoxy) is 1. The molecule has 0 atom stereocenters. The lowest BCUT2D eigenvalue weighted by molar-refractivity contribution is -0.127. The maximum absolute atomic E-state index is 13.6.